The highest BCUT2D eigenvalue weighted by molar-refractivity contribution is 6.71. The fourth-order valence-electron chi connectivity index (χ4n) is 2.11. The predicted molar refractivity (Wildman–Crippen MR) is 59.2 cm³/mol. The maximum atomic E-state index is 5.72. The molecule has 1 atom stereocenters. The molecule has 0 amide bonds. The fourth-order valence-corrected chi connectivity index (χ4v) is 6.32. The molecule has 0 aliphatic rings. The second-order valence-corrected chi connectivity index (χ2v) is 9.27. The lowest BCUT2D eigenvalue weighted by molar-refractivity contribution is 0.201. The number of hydrogen-bond donors (Lipinski definition) is 0. The predicted octanol–water partition coefficient (Wildman–Crippen LogP) is 3.32. The molecule has 0 N–H and O–H groups in total. The summed E-state index contributed by atoms with van der Waals surface area (Å²) in [7, 11) is 1.52. The van der Waals surface area contributed by atoms with E-state index in [0.29, 0.717) is 5.54 Å². The third-order valence-corrected chi connectivity index (χ3v) is 7.92. The van der Waals surface area contributed by atoms with Crippen LogP contribution in [-0.4, -0.2) is 22.8 Å². The molecule has 0 saturated carbocycles. The molecular formula is C10H24O2Si. The molecule has 0 rings (SSSR count). The van der Waals surface area contributed by atoms with Crippen molar-refractivity contribution in [1.82, 2.24) is 0 Å². The first-order chi connectivity index (χ1) is 5.85. The maximum absolute atomic E-state index is 5.72. The average molecular weight is 204 g/mol. The summed E-state index contributed by atoms with van der Waals surface area (Å²) >= 11 is 0. The summed E-state index contributed by atoms with van der Waals surface area (Å²) in [6.07, 6.45) is 1.12. The standard InChI is InChI=1S/C10H24O2Si/c1-8-9(2)13(11-6,12-7)10(3,4)5/h9H,8H2,1-7H3. The highest BCUT2D eigenvalue weighted by Gasteiger charge is 2.51. The van der Waals surface area contributed by atoms with Crippen LogP contribution in [0.3, 0.4) is 0 Å². The van der Waals surface area contributed by atoms with Crippen molar-refractivity contribution >= 4 is 8.56 Å². The largest absolute Gasteiger partial charge is 0.397 e. The van der Waals surface area contributed by atoms with E-state index in [1.54, 1.807) is 14.2 Å². The van der Waals surface area contributed by atoms with Crippen molar-refractivity contribution < 1.29 is 8.85 Å². The summed E-state index contributed by atoms with van der Waals surface area (Å²) < 4.78 is 11.4. The zero-order chi connectivity index (χ0) is 10.7. The Kier molecular flexibility index (Phi) is 4.62. The van der Waals surface area contributed by atoms with E-state index >= 15 is 0 Å². The summed E-state index contributed by atoms with van der Waals surface area (Å²) in [6, 6.07) is 0. The van der Waals surface area contributed by atoms with E-state index in [0.717, 1.165) is 6.42 Å². The first kappa shape index (κ1) is 13.1. The summed E-state index contributed by atoms with van der Waals surface area (Å²) in [5.74, 6) is 0. The minimum absolute atomic E-state index is 0.131. The Balaban J connectivity index is 4.91. The van der Waals surface area contributed by atoms with Gasteiger partial charge in [0, 0.05) is 24.8 Å². The highest BCUT2D eigenvalue weighted by Crippen LogP contribution is 2.45. The SMILES string of the molecule is CCC(C)[Si](OC)(OC)C(C)(C)C. The Morgan fingerprint density at radius 1 is 1.15 bits per heavy atom. The van der Waals surface area contributed by atoms with Crippen LogP contribution < -0.4 is 0 Å². The van der Waals surface area contributed by atoms with E-state index in [2.05, 4.69) is 34.6 Å². The lowest BCUT2D eigenvalue weighted by Crippen LogP contribution is -2.52. The van der Waals surface area contributed by atoms with Crippen molar-refractivity contribution in [2.24, 2.45) is 0 Å². The molecule has 0 fully saturated rings. The first-order valence-corrected chi connectivity index (χ1v) is 6.85. The molecule has 0 aliphatic heterocycles. The van der Waals surface area contributed by atoms with Crippen LogP contribution in [0.15, 0.2) is 0 Å². The molecule has 0 radical (unpaired) electrons. The quantitative estimate of drug-likeness (QED) is 0.654. The molecule has 13 heavy (non-hydrogen) atoms. The zero-order valence-electron chi connectivity index (χ0n) is 10.1. The van der Waals surface area contributed by atoms with Crippen LogP contribution in [0.5, 0.6) is 0 Å². The molecule has 0 heterocycles. The molecule has 0 spiro atoms. The highest BCUT2D eigenvalue weighted by atomic mass is 28.4. The van der Waals surface area contributed by atoms with Gasteiger partial charge in [0.15, 0.2) is 0 Å². The van der Waals surface area contributed by atoms with Gasteiger partial charge in [-0.2, -0.15) is 0 Å². The van der Waals surface area contributed by atoms with E-state index in [1.165, 1.54) is 0 Å². The van der Waals surface area contributed by atoms with Gasteiger partial charge >= 0.3 is 8.56 Å². The van der Waals surface area contributed by atoms with Crippen molar-refractivity contribution in [3.63, 3.8) is 0 Å². The summed E-state index contributed by atoms with van der Waals surface area (Å²) in [6.45, 7) is 11.0. The van der Waals surface area contributed by atoms with Crippen LogP contribution in [-0.2, 0) is 8.85 Å². The van der Waals surface area contributed by atoms with E-state index < -0.39 is 8.56 Å². The van der Waals surface area contributed by atoms with Crippen molar-refractivity contribution in [3.05, 3.63) is 0 Å². The van der Waals surface area contributed by atoms with Crippen LogP contribution in [0.1, 0.15) is 41.0 Å². The Morgan fingerprint density at radius 2 is 1.54 bits per heavy atom. The second-order valence-electron chi connectivity index (χ2n) is 4.64. The Bertz CT molecular complexity index is 147. The van der Waals surface area contributed by atoms with Crippen LogP contribution >= 0.6 is 0 Å². The van der Waals surface area contributed by atoms with Gasteiger partial charge in [0.1, 0.15) is 0 Å². The van der Waals surface area contributed by atoms with Crippen molar-refractivity contribution in [2.75, 3.05) is 14.2 Å². The molecule has 0 aromatic heterocycles. The average Bonchev–Trinajstić information content (AvgIpc) is 2.04. The summed E-state index contributed by atoms with van der Waals surface area (Å²) in [5.41, 5.74) is 0.530. The van der Waals surface area contributed by atoms with E-state index in [9.17, 15) is 0 Å². The smallest absolute Gasteiger partial charge is 0.346 e. The maximum Gasteiger partial charge on any atom is 0.346 e. The first-order valence-electron chi connectivity index (χ1n) is 4.96. The lowest BCUT2D eigenvalue weighted by atomic mass is 10.2. The monoisotopic (exact) mass is 204 g/mol. The van der Waals surface area contributed by atoms with Crippen LogP contribution in [0.4, 0.5) is 0 Å². The fraction of sp³-hybridized carbons (Fsp3) is 1.00. The van der Waals surface area contributed by atoms with Crippen molar-refractivity contribution in [2.45, 2.75) is 51.6 Å². The third-order valence-electron chi connectivity index (χ3n) is 2.91. The van der Waals surface area contributed by atoms with Gasteiger partial charge in [-0.15, -0.1) is 0 Å². The lowest BCUT2D eigenvalue weighted by Gasteiger charge is -2.42. The zero-order valence-corrected chi connectivity index (χ0v) is 11.1. The van der Waals surface area contributed by atoms with E-state index in [1.807, 2.05) is 0 Å². The molecule has 3 heteroatoms. The van der Waals surface area contributed by atoms with Gasteiger partial charge in [-0.1, -0.05) is 41.0 Å². The van der Waals surface area contributed by atoms with Gasteiger partial charge < -0.3 is 8.85 Å². The molecule has 80 valence electrons. The normalized spacial score (nSPS) is 15.9. The van der Waals surface area contributed by atoms with E-state index in [4.69, 9.17) is 8.85 Å². The van der Waals surface area contributed by atoms with E-state index in [-0.39, 0.29) is 5.04 Å². The van der Waals surface area contributed by atoms with Crippen molar-refractivity contribution in [1.29, 1.82) is 0 Å². The molecule has 0 saturated heterocycles. The molecule has 1 unspecified atom stereocenters. The molecule has 2 nitrogen and oxygen atoms in total. The topological polar surface area (TPSA) is 18.5 Å². The van der Waals surface area contributed by atoms with Gasteiger partial charge in [-0.05, 0) is 0 Å². The van der Waals surface area contributed by atoms with Gasteiger partial charge in [0.25, 0.3) is 0 Å². The van der Waals surface area contributed by atoms with Crippen LogP contribution in [0, 0.1) is 0 Å². The molecule has 0 aliphatic carbocycles. The molecule has 0 aromatic rings. The second kappa shape index (κ2) is 4.58. The number of hydrogen-bond acceptors (Lipinski definition) is 2. The third kappa shape index (κ3) is 2.33. The van der Waals surface area contributed by atoms with Gasteiger partial charge in [-0.3, -0.25) is 0 Å². The van der Waals surface area contributed by atoms with Crippen molar-refractivity contribution in [3.8, 4) is 0 Å². The summed E-state index contributed by atoms with van der Waals surface area (Å²) in [4.78, 5) is 0. The van der Waals surface area contributed by atoms with Crippen LogP contribution in [0.2, 0.25) is 10.6 Å². The summed E-state index contributed by atoms with van der Waals surface area (Å²) in [5, 5.41) is 0.131. The number of rotatable bonds is 4. The minimum Gasteiger partial charge on any atom is -0.397 e. The molecule has 0 bridgehead atoms. The molecule has 0 aromatic carbocycles. The van der Waals surface area contributed by atoms with Crippen LogP contribution in [0.25, 0.3) is 0 Å². The molecular weight excluding hydrogens is 180 g/mol. The Hall–Kier alpha value is 0.137. The van der Waals surface area contributed by atoms with Gasteiger partial charge in [0.05, 0.1) is 0 Å². The van der Waals surface area contributed by atoms with Gasteiger partial charge in [-0.25, -0.2) is 0 Å². The minimum atomic E-state index is -2.05. The van der Waals surface area contributed by atoms with Gasteiger partial charge in [0.2, 0.25) is 0 Å². The Labute approximate surface area is 83.9 Å². The Morgan fingerprint density at radius 3 is 1.62 bits per heavy atom.